The summed E-state index contributed by atoms with van der Waals surface area (Å²) >= 11 is 0. The van der Waals surface area contributed by atoms with Crippen LogP contribution in [0, 0.1) is 18.3 Å². The molecule has 0 bridgehead atoms. The standard InChI is InChI=1S/C27H31N5O2/c1-3-34-26(33)27(30-24-6-4-5-21(2)15-24)11-13-31(14-12-27)19-25-17-29-20-32(25)18-23-9-7-22(16-28)8-10-23/h4-10,15,17,20,30H,3,11-14,18-19H2,1-2H3. The second-order valence-corrected chi connectivity index (χ2v) is 8.89. The molecule has 176 valence electrons. The second kappa shape index (κ2) is 10.5. The van der Waals surface area contributed by atoms with Crippen molar-refractivity contribution in [1.82, 2.24) is 14.5 Å². The van der Waals surface area contributed by atoms with Gasteiger partial charge in [-0.2, -0.15) is 5.26 Å². The lowest BCUT2D eigenvalue weighted by Gasteiger charge is -2.41. The molecule has 0 amide bonds. The third kappa shape index (κ3) is 5.46. The first-order valence-electron chi connectivity index (χ1n) is 11.7. The maximum absolute atomic E-state index is 13.0. The molecule has 7 nitrogen and oxygen atoms in total. The maximum atomic E-state index is 13.0. The summed E-state index contributed by atoms with van der Waals surface area (Å²) in [6, 6.07) is 17.9. The molecule has 1 aromatic heterocycles. The van der Waals surface area contributed by atoms with Gasteiger partial charge in [-0.3, -0.25) is 4.90 Å². The van der Waals surface area contributed by atoms with Crippen LogP contribution in [0.4, 0.5) is 5.69 Å². The minimum atomic E-state index is -0.719. The number of imidazole rings is 1. The molecule has 1 aliphatic rings. The van der Waals surface area contributed by atoms with Crippen molar-refractivity contribution in [2.45, 2.75) is 45.3 Å². The summed E-state index contributed by atoms with van der Waals surface area (Å²) in [5.74, 6) is -0.179. The van der Waals surface area contributed by atoms with Crippen LogP contribution in [0.2, 0.25) is 0 Å². The van der Waals surface area contributed by atoms with Crippen LogP contribution in [0.25, 0.3) is 0 Å². The first-order chi connectivity index (χ1) is 16.5. The van der Waals surface area contributed by atoms with Crippen LogP contribution >= 0.6 is 0 Å². The second-order valence-electron chi connectivity index (χ2n) is 8.89. The fourth-order valence-corrected chi connectivity index (χ4v) is 4.47. The van der Waals surface area contributed by atoms with Crippen molar-refractivity contribution in [1.29, 1.82) is 5.26 Å². The van der Waals surface area contributed by atoms with E-state index in [1.165, 1.54) is 0 Å². The molecule has 0 aliphatic carbocycles. The van der Waals surface area contributed by atoms with Crippen LogP contribution in [-0.4, -0.2) is 45.7 Å². The molecule has 4 rings (SSSR count). The van der Waals surface area contributed by atoms with Crippen molar-refractivity contribution in [3.63, 3.8) is 0 Å². The van der Waals surface area contributed by atoms with Crippen LogP contribution in [0.15, 0.2) is 61.1 Å². The van der Waals surface area contributed by atoms with Gasteiger partial charge in [-0.1, -0.05) is 24.3 Å². The predicted octanol–water partition coefficient (Wildman–Crippen LogP) is 4.12. The number of nitriles is 1. The van der Waals surface area contributed by atoms with Gasteiger partial charge in [-0.05, 0) is 62.1 Å². The Kier molecular flexibility index (Phi) is 7.29. The van der Waals surface area contributed by atoms with E-state index >= 15 is 0 Å². The fraction of sp³-hybridized carbons (Fsp3) is 0.370. The van der Waals surface area contributed by atoms with E-state index in [1.54, 1.807) is 0 Å². The average molecular weight is 458 g/mol. The maximum Gasteiger partial charge on any atom is 0.331 e. The monoisotopic (exact) mass is 457 g/mol. The predicted molar refractivity (Wildman–Crippen MR) is 131 cm³/mol. The summed E-state index contributed by atoms with van der Waals surface area (Å²) < 4.78 is 7.61. The van der Waals surface area contributed by atoms with Crippen LogP contribution < -0.4 is 5.32 Å². The molecule has 0 radical (unpaired) electrons. The van der Waals surface area contributed by atoms with E-state index in [2.05, 4.69) is 31.9 Å². The minimum Gasteiger partial charge on any atom is -0.464 e. The Bertz CT molecular complexity index is 1150. The number of likely N-dealkylation sites (tertiary alicyclic amines) is 1. The van der Waals surface area contributed by atoms with Crippen molar-refractivity contribution in [2.24, 2.45) is 0 Å². The Morgan fingerprint density at radius 2 is 1.94 bits per heavy atom. The van der Waals surface area contributed by atoms with Gasteiger partial charge in [0.25, 0.3) is 0 Å². The third-order valence-electron chi connectivity index (χ3n) is 6.40. The zero-order valence-electron chi connectivity index (χ0n) is 19.8. The SMILES string of the molecule is CCOC(=O)C1(Nc2cccc(C)c2)CCN(Cc2cncn2Cc2ccc(C#N)cc2)CC1. The lowest BCUT2D eigenvalue weighted by Crippen LogP contribution is -2.55. The molecule has 1 N–H and O–H groups in total. The van der Waals surface area contributed by atoms with E-state index in [-0.39, 0.29) is 5.97 Å². The number of hydrogen-bond acceptors (Lipinski definition) is 6. The fourth-order valence-electron chi connectivity index (χ4n) is 4.47. The number of rotatable bonds is 8. The van der Waals surface area contributed by atoms with Gasteiger partial charge in [0.1, 0.15) is 5.54 Å². The topological polar surface area (TPSA) is 83.2 Å². The van der Waals surface area contributed by atoms with Crippen molar-refractivity contribution in [2.75, 3.05) is 25.0 Å². The first-order valence-corrected chi connectivity index (χ1v) is 11.7. The van der Waals surface area contributed by atoms with Gasteiger partial charge in [0, 0.05) is 38.1 Å². The number of nitrogens with zero attached hydrogens (tertiary/aromatic N) is 4. The van der Waals surface area contributed by atoms with Crippen molar-refractivity contribution in [3.05, 3.63) is 83.4 Å². The van der Waals surface area contributed by atoms with Gasteiger partial charge in [-0.15, -0.1) is 0 Å². The first kappa shape index (κ1) is 23.5. The van der Waals surface area contributed by atoms with Gasteiger partial charge in [0.05, 0.1) is 30.3 Å². The van der Waals surface area contributed by atoms with Crippen LogP contribution in [-0.2, 0) is 22.6 Å². The zero-order valence-corrected chi connectivity index (χ0v) is 19.8. The molecule has 0 unspecified atom stereocenters. The Labute approximate surface area is 201 Å². The summed E-state index contributed by atoms with van der Waals surface area (Å²) in [5.41, 5.74) is 4.29. The van der Waals surface area contributed by atoms with E-state index < -0.39 is 5.54 Å². The molecule has 0 saturated carbocycles. The Hall–Kier alpha value is -3.63. The van der Waals surface area contributed by atoms with Crippen LogP contribution in [0.1, 0.15) is 42.1 Å². The Balaban J connectivity index is 1.42. The number of hydrogen-bond donors (Lipinski definition) is 1. The number of esters is 1. The van der Waals surface area contributed by atoms with Crippen molar-refractivity contribution in [3.8, 4) is 6.07 Å². The summed E-state index contributed by atoms with van der Waals surface area (Å²) in [5, 5.41) is 12.5. The molecule has 0 spiro atoms. The largest absolute Gasteiger partial charge is 0.464 e. The number of carbonyl (C=O) groups is 1. The molecule has 1 fully saturated rings. The van der Waals surface area contributed by atoms with Crippen molar-refractivity contribution < 1.29 is 9.53 Å². The summed E-state index contributed by atoms with van der Waals surface area (Å²) in [6.45, 7) is 7.29. The normalized spacial score (nSPS) is 15.4. The number of carbonyl (C=O) groups excluding carboxylic acids is 1. The van der Waals surface area contributed by atoms with Crippen LogP contribution in [0.5, 0.6) is 0 Å². The number of aryl methyl sites for hydroxylation is 1. The van der Waals surface area contributed by atoms with E-state index in [1.807, 2.05) is 68.8 Å². The molecule has 1 saturated heterocycles. The highest BCUT2D eigenvalue weighted by Gasteiger charge is 2.43. The number of nitrogens with one attached hydrogen (secondary N) is 1. The average Bonchev–Trinajstić information content (AvgIpc) is 3.27. The number of aromatic nitrogens is 2. The summed E-state index contributed by atoms with van der Waals surface area (Å²) in [4.78, 5) is 19.7. The van der Waals surface area contributed by atoms with Crippen LogP contribution in [0.3, 0.4) is 0 Å². The molecule has 7 heteroatoms. The molecule has 1 aliphatic heterocycles. The lowest BCUT2D eigenvalue weighted by atomic mass is 9.86. The highest BCUT2D eigenvalue weighted by atomic mass is 16.5. The molecule has 34 heavy (non-hydrogen) atoms. The van der Waals surface area contributed by atoms with Gasteiger partial charge in [0.2, 0.25) is 0 Å². The number of piperidine rings is 1. The number of anilines is 1. The Morgan fingerprint density at radius 3 is 2.62 bits per heavy atom. The van der Waals surface area contributed by atoms with Crippen molar-refractivity contribution >= 4 is 11.7 Å². The smallest absolute Gasteiger partial charge is 0.331 e. The van der Waals surface area contributed by atoms with E-state index in [4.69, 9.17) is 10.00 Å². The Morgan fingerprint density at radius 1 is 1.18 bits per heavy atom. The number of benzene rings is 2. The molecule has 3 aromatic rings. The quantitative estimate of drug-likeness (QED) is 0.513. The third-order valence-corrected chi connectivity index (χ3v) is 6.40. The molecule has 0 atom stereocenters. The zero-order chi connectivity index (χ0) is 24.0. The van der Waals surface area contributed by atoms with Gasteiger partial charge in [0.15, 0.2) is 0 Å². The molecular formula is C27H31N5O2. The summed E-state index contributed by atoms with van der Waals surface area (Å²) in [7, 11) is 0. The molecule has 2 aromatic carbocycles. The minimum absolute atomic E-state index is 0.179. The number of ether oxygens (including phenoxy) is 1. The lowest BCUT2D eigenvalue weighted by molar-refractivity contribution is -0.150. The highest BCUT2D eigenvalue weighted by Crippen LogP contribution is 2.30. The van der Waals surface area contributed by atoms with Gasteiger partial charge >= 0.3 is 5.97 Å². The molecular weight excluding hydrogens is 426 g/mol. The summed E-state index contributed by atoms with van der Waals surface area (Å²) in [6.07, 6.45) is 5.09. The highest BCUT2D eigenvalue weighted by molar-refractivity contribution is 5.85. The van der Waals surface area contributed by atoms with E-state index in [0.717, 1.165) is 42.1 Å². The van der Waals surface area contributed by atoms with Gasteiger partial charge < -0.3 is 14.6 Å². The van der Waals surface area contributed by atoms with Gasteiger partial charge in [-0.25, -0.2) is 9.78 Å². The van der Waals surface area contributed by atoms with E-state index in [9.17, 15) is 4.79 Å². The molecule has 2 heterocycles. The van der Waals surface area contributed by atoms with E-state index in [0.29, 0.717) is 31.6 Å².